The molecule has 7 saturated carbocycles. The zero-order valence-electron chi connectivity index (χ0n) is 15.4. The van der Waals surface area contributed by atoms with Crippen molar-refractivity contribution in [2.75, 3.05) is 6.61 Å². The molecule has 0 aromatic heterocycles. The molecule has 0 spiro atoms. The van der Waals surface area contributed by atoms with Gasteiger partial charge in [0.15, 0.2) is 0 Å². The minimum Gasteiger partial charge on any atom is -0.396 e. The van der Waals surface area contributed by atoms with Crippen LogP contribution in [0.25, 0.3) is 0 Å². The van der Waals surface area contributed by atoms with Gasteiger partial charge in [0.1, 0.15) is 0 Å². The second kappa shape index (κ2) is 4.08. The van der Waals surface area contributed by atoms with Crippen molar-refractivity contribution in [2.24, 2.45) is 94.7 Å². The number of aliphatic hydroxyl groups excluding tert-OH is 1. The normalized spacial score (nSPS) is 75.0. The third-order valence-electron chi connectivity index (χ3n) is 12.2. The molecular weight excluding hydrogens is 304 g/mol. The molecular formula is C24H32O. The SMILES string of the molecule is CC1C(CO)C2CC1C1C3CC(C21)C1C2CC(C4C5C=CC(C5)C24)C31. The van der Waals surface area contributed by atoms with Gasteiger partial charge in [0.05, 0.1) is 0 Å². The van der Waals surface area contributed by atoms with Crippen LogP contribution in [0.15, 0.2) is 12.2 Å². The first kappa shape index (κ1) is 13.8. The van der Waals surface area contributed by atoms with Gasteiger partial charge < -0.3 is 5.11 Å². The predicted octanol–water partition coefficient (Wildman–Crippen LogP) is 4.08. The molecule has 0 aliphatic heterocycles. The van der Waals surface area contributed by atoms with E-state index in [0.717, 1.165) is 88.8 Å². The first-order valence-electron chi connectivity index (χ1n) is 11.6. The minimum atomic E-state index is 0.475. The van der Waals surface area contributed by atoms with Crippen molar-refractivity contribution in [3.05, 3.63) is 12.2 Å². The number of hydrogen-bond acceptors (Lipinski definition) is 1. The van der Waals surface area contributed by atoms with Gasteiger partial charge in [-0.25, -0.2) is 0 Å². The first-order valence-corrected chi connectivity index (χ1v) is 11.6. The smallest absolute Gasteiger partial charge is 0.0464 e. The van der Waals surface area contributed by atoms with Gasteiger partial charge in [0, 0.05) is 6.61 Å². The first-order chi connectivity index (χ1) is 12.3. The zero-order chi connectivity index (χ0) is 16.2. The lowest BCUT2D eigenvalue weighted by molar-refractivity contribution is -0.0478. The van der Waals surface area contributed by atoms with E-state index in [4.69, 9.17) is 0 Å². The second-order valence-corrected chi connectivity index (χ2v) is 11.8. The third-order valence-corrected chi connectivity index (χ3v) is 12.2. The van der Waals surface area contributed by atoms with Gasteiger partial charge in [0.2, 0.25) is 0 Å². The number of hydrogen-bond donors (Lipinski definition) is 1. The summed E-state index contributed by atoms with van der Waals surface area (Å²) in [5.41, 5.74) is 0. The van der Waals surface area contributed by atoms with Crippen LogP contribution in [0.4, 0.5) is 0 Å². The molecule has 8 bridgehead atoms. The highest BCUT2D eigenvalue weighted by Gasteiger charge is 2.76. The van der Waals surface area contributed by atoms with Crippen LogP contribution in [-0.4, -0.2) is 11.7 Å². The van der Waals surface area contributed by atoms with Crippen LogP contribution in [-0.2, 0) is 0 Å². The van der Waals surface area contributed by atoms with Crippen LogP contribution in [0.1, 0.15) is 32.6 Å². The summed E-state index contributed by atoms with van der Waals surface area (Å²) in [6, 6.07) is 0. The van der Waals surface area contributed by atoms with Gasteiger partial charge in [-0.2, -0.15) is 0 Å². The van der Waals surface area contributed by atoms with Crippen molar-refractivity contribution in [3.63, 3.8) is 0 Å². The highest BCUT2D eigenvalue weighted by Crippen LogP contribution is 2.81. The molecule has 8 aliphatic rings. The number of allylic oxidation sites excluding steroid dienone is 2. The Hall–Kier alpha value is -0.300. The fourth-order valence-electron chi connectivity index (χ4n) is 12.2. The topological polar surface area (TPSA) is 20.2 Å². The summed E-state index contributed by atoms with van der Waals surface area (Å²) in [6.45, 7) is 2.96. The van der Waals surface area contributed by atoms with Crippen LogP contribution in [0.2, 0.25) is 0 Å². The van der Waals surface area contributed by atoms with E-state index in [-0.39, 0.29) is 0 Å². The maximum Gasteiger partial charge on any atom is 0.0464 e. The summed E-state index contributed by atoms with van der Waals surface area (Å²) in [6.07, 6.45) is 11.5. The molecule has 1 N–H and O–H groups in total. The van der Waals surface area contributed by atoms with E-state index in [1.165, 1.54) is 12.8 Å². The van der Waals surface area contributed by atoms with E-state index in [1.54, 1.807) is 12.8 Å². The predicted molar refractivity (Wildman–Crippen MR) is 96.2 cm³/mol. The molecule has 8 rings (SSSR count). The minimum absolute atomic E-state index is 0.475. The molecule has 0 aromatic carbocycles. The third kappa shape index (κ3) is 1.24. The highest BCUT2D eigenvalue weighted by molar-refractivity contribution is 5.27. The number of rotatable bonds is 1. The van der Waals surface area contributed by atoms with Crippen molar-refractivity contribution < 1.29 is 5.11 Å². The van der Waals surface area contributed by atoms with Gasteiger partial charge in [-0.15, -0.1) is 0 Å². The largest absolute Gasteiger partial charge is 0.396 e. The van der Waals surface area contributed by atoms with Crippen molar-refractivity contribution in [1.82, 2.24) is 0 Å². The molecule has 8 aliphatic carbocycles. The van der Waals surface area contributed by atoms with Gasteiger partial charge in [-0.05, 0) is 120 Å². The molecule has 7 fully saturated rings. The van der Waals surface area contributed by atoms with Crippen LogP contribution >= 0.6 is 0 Å². The van der Waals surface area contributed by atoms with E-state index >= 15 is 0 Å². The summed E-state index contributed by atoms with van der Waals surface area (Å²) < 4.78 is 0. The standard InChI is InChI=1S/C24H32O/c1-9-12-5-13(18(9)8-25)22-17-7-16(21(12)22)23-14-6-15(24(17)23)20-11-3-2-10(4-11)19(14)20/h2-3,9-25H,4-8H2,1H3. The van der Waals surface area contributed by atoms with Crippen LogP contribution in [0, 0.1) is 94.7 Å². The number of fused-ring (bicyclic) bond motifs is 23. The lowest BCUT2D eigenvalue weighted by atomic mass is 9.53. The Balaban J connectivity index is 1.21. The summed E-state index contributed by atoms with van der Waals surface area (Å²) in [7, 11) is 0. The van der Waals surface area contributed by atoms with Crippen molar-refractivity contribution in [2.45, 2.75) is 32.6 Å². The summed E-state index contributed by atoms with van der Waals surface area (Å²) in [5, 5.41) is 10.0. The van der Waals surface area contributed by atoms with Crippen LogP contribution < -0.4 is 0 Å². The van der Waals surface area contributed by atoms with E-state index in [0.29, 0.717) is 12.5 Å². The fourth-order valence-corrected chi connectivity index (χ4v) is 12.2. The van der Waals surface area contributed by atoms with Crippen molar-refractivity contribution in [1.29, 1.82) is 0 Å². The van der Waals surface area contributed by atoms with E-state index < -0.39 is 0 Å². The summed E-state index contributed by atoms with van der Waals surface area (Å²) in [5.74, 6) is 16.3. The Morgan fingerprint density at radius 1 is 0.640 bits per heavy atom. The Bertz CT molecular complexity index is 682. The lowest BCUT2D eigenvalue weighted by Crippen LogP contribution is -2.48. The molecule has 1 heteroatoms. The maximum absolute atomic E-state index is 10.0. The van der Waals surface area contributed by atoms with Gasteiger partial charge in [-0.3, -0.25) is 0 Å². The summed E-state index contributed by atoms with van der Waals surface area (Å²) >= 11 is 0. The van der Waals surface area contributed by atoms with Gasteiger partial charge in [-0.1, -0.05) is 19.1 Å². The molecule has 0 aromatic rings. The van der Waals surface area contributed by atoms with E-state index in [9.17, 15) is 5.11 Å². The Labute approximate surface area is 151 Å². The average molecular weight is 337 g/mol. The van der Waals surface area contributed by atoms with Gasteiger partial charge >= 0.3 is 0 Å². The Morgan fingerprint density at radius 2 is 1.12 bits per heavy atom. The molecule has 134 valence electrons. The van der Waals surface area contributed by atoms with Crippen molar-refractivity contribution >= 4 is 0 Å². The maximum atomic E-state index is 10.0. The van der Waals surface area contributed by atoms with E-state index in [1.807, 2.05) is 0 Å². The fraction of sp³-hybridized carbons (Fsp3) is 0.917. The number of aliphatic hydroxyl groups is 1. The summed E-state index contributed by atoms with van der Waals surface area (Å²) in [4.78, 5) is 0. The molecule has 0 amide bonds. The molecule has 0 heterocycles. The lowest BCUT2D eigenvalue weighted by Gasteiger charge is -2.51. The Morgan fingerprint density at radius 3 is 1.72 bits per heavy atom. The van der Waals surface area contributed by atoms with E-state index in [2.05, 4.69) is 19.1 Å². The molecule has 1 nitrogen and oxygen atoms in total. The van der Waals surface area contributed by atoms with Crippen molar-refractivity contribution in [3.8, 4) is 0 Å². The average Bonchev–Trinajstić information content (AvgIpc) is 3.45. The quantitative estimate of drug-likeness (QED) is 0.565. The zero-order valence-corrected chi connectivity index (χ0v) is 15.4. The highest BCUT2D eigenvalue weighted by atomic mass is 16.3. The monoisotopic (exact) mass is 336 g/mol. The molecule has 0 saturated heterocycles. The molecule has 0 radical (unpaired) electrons. The van der Waals surface area contributed by atoms with Gasteiger partial charge in [0.25, 0.3) is 0 Å². The Kier molecular flexibility index (Phi) is 2.25. The van der Waals surface area contributed by atoms with Crippen LogP contribution in [0.5, 0.6) is 0 Å². The second-order valence-electron chi connectivity index (χ2n) is 11.8. The molecule has 16 atom stereocenters. The molecule has 16 unspecified atom stereocenters. The molecule has 25 heavy (non-hydrogen) atoms. The van der Waals surface area contributed by atoms with Crippen LogP contribution in [0.3, 0.4) is 0 Å².